The van der Waals surface area contributed by atoms with Gasteiger partial charge in [0.15, 0.2) is 6.61 Å². The highest BCUT2D eigenvalue weighted by Gasteiger charge is 2.17. The monoisotopic (exact) mass is 498 g/mol. The maximum absolute atomic E-state index is 12.5. The van der Waals surface area contributed by atoms with Gasteiger partial charge in [-0.3, -0.25) is 4.79 Å². The average molecular weight is 500 g/mol. The fraction of sp³-hybridized carbons (Fsp3) is 0.0952. The van der Waals surface area contributed by atoms with Gasteiger partial charge in [0, 0.05) is 6.54 Å². The van der Waals surface area contributed by atoms with Crippen LogP contribution in [0.5, 0.6) is 5.75 Å². The normalized spacial score (nSPS) is 11.2. The predicted molar refractivity (Wildman–Crippen MR) is 123 cm³/mol. The lowest BCUT2D eigenvalue weighted by molar-refractivity contribution is -0.118. The Bertz CT molecular complexity index is 1170. The first-order chi connectivity index (χ1) is 14.8. The number of hydrogen-bond donors (Lipinski definition) is 2. The summed E-state index contributed by atoms with van der Waals surface area (Å²) in [5.41, 5.74) is 1.10. The van der Waals surface area contributed by atoms with Gasteiger partial charge in [0.2, 0.25) is 10.0 Å². The van der Waals surface area contributed by atoms with Gasteiger partial charge in [0.05, 0.1) is 25.7 Å². The summed E-state index contributed by atoms with van der Waals surface area (Å²) in [5, 5.41) is 3.18. The third-order valence-electron chi connectivity index (χ3n) is 4.11. The average Bonchev–Trinajstić information content (AvgIpc) is 2.75. The molecule has 0 aliphatic heterocycles. The van der Waals surface area contributed by atoms with Crippen molar-refractivity contribution in [3.63, 3.8) is 0 Å². The third kappa shape index (κ3) is 6.35. The standard InChI is InChI=1S/C21H17Cl3N2O4S/c22-16-7-4-8-17(23)21(16)26-20(27)13-30-19-10-9-15(11-18(19)24)31(28,29)25-12-14-5-2-1-3-6-14/h1-11,25H,12-13H2,(H,26,27). The first-order valence-corrected chi connectivity index (χ1v) is 11.6. The first kappa shape index (κ1) is 23.4. The highest BCUT2D eigenvalue weighted by Crippen LogP contribution is 2.30. The Balaban J connectivity index is 1.62. The number of nitrogens with one attached hydrogen (secondary N) is 2. The van der Waals surface area contributed by atoms with Gasteiger partial charge in [0.25, 0.3) is 5.91 Å². The van der Waals surface area contributed by atoms with Crippen LogP contribution in [-0.2, 0) is 21.4 Å². The highest BCUT2D eigenvalue weighted by atomic mass is 35.5. The SMILES string of the molecule is O=C(COc1ccc(S(=O)(=O)NCc2ccccc2)cc1Cl)Nc1c(Cl)cccc1Cl. The zero-order chi connectivity index (χ0) is 22.4. The molecule has 0 saturated carbocycles. The van der Waals surface area contributed by atoms with E-state index in [4.69, 9.17) is 39.5 Å². The minimum atomic E-state index is -3.78. The summed E-state index contributed by atoms with van der Waals surface area (Å²) in [5.74, 6) is -0.351. The first-order valence-electron chi connectivity index (χ1n) is 8.96. The van der Waals surface area contributed by atoms with Gasteiger partial charge in [-0.2, -0.15) is 0 Å². The van der Waals surface area contributed by atoms with Crippen molar-refractivity contribution < 1.29 is 17.9 Å². The summed E-state index contributed by atoms with van der Waals surface area (Å²) < 4.78 is 32.9. The van der Waals surface area contributed by atoms with Crippen molar-refractivity contribution in [3.8, 4) is 5.75 Å². The summed E-state index contributed by atoms with van der Waals surface area (Å²) in [6.45, 7) is -0.233. The topological polar surface area (TPSA) is 84.5 Å². The van der Waals surface area contributed by atoms with Gasteiger partial charge < -0.3 is 10.1 Å². The van der Waals surface area contributed by atoms with Crippen molar-refractivity contribution >= 4 is 56.4 Å². The van der Waals surface area contributed by atoms with Crippen molar-refractivity contribution in [1.82, 2.24) is 4.72 Å². The molecule has 0 aromatic heterocycles. The lowest BCUT2D eigenvalue weighted by Gasteiger charge is -2.12. The number of carbonyl (C=O) groups is 1. The van der Waals surface area contributed by atoms with Crippen LogP contribution in [0.1, 0.15) is 5.56 Å². The number of amides is 1. The van der Waals surface area contributed by atoms with E-state index in [1.54, 1.807) is 18.2 Å². The van der Waals surface area contributed by atoms with Crippen molar-refractivity contribution in [1.29, 1.82) is 0 Å². The Labute approximate surface area is 195 Å². The van der Waals surface area contributed by atoms with E-state index in [9.17, 15) is 13.2 Å². The number of rotatable bonds is 8. The zero-order valence-corrected chi connectivity index (χ0v) is 19.0. The summed E-state index contributed by atoms with van der Waals surface area (Å²) in [7, 11) is -3.78. The van der Waals surface area contributed by atoms with Gasteiger partial charge in [-0.1, -0.05) is 71.2 Å². The molecule has 31 heavy (non-hydrogen) atoms. The number of sulfonamides is 1. The number of ether oxygens (including phenoxy) is 1. The second-order valence-electron chi connectivity index (χ2n) is 6.34. The van der Waals surface area contributed by atoms with Crippen LogP contribution < -0.4 is 14.8 Å². The zero-order valence-electron chi connectivity index (χ0n) is 15.9. The maximum atomic E-state index is 12.5. The van der Waals surface area contributed by atoms with E-state index in [0.29, 0.717) is 0 Å². The van der Waals surface area contributed by atoms with E-state index < -0.39 is 15.9 Å². The van der Waals surface area contributed by atoms with Crippen molar-refractivity contribution in [2.45, 2.75) is 11.4 Å². The van der Waals surface area contributed by atoms with Crippen LogP contribution in [0.25, 0.3) is 0 Å². The van der Waals surface area contributed by atoms with Crippen LogP contribution in [0.15, 0.2) is 71.6 Å². The second kappa shape index (κ2) is 10.3. The van der Waals surface area contributed by atoms with Crippen LogP contribution >= 0.6 is 34.8 Å². The minimum Gasteiger partial charge on any atom is -0.482 e. The highest BCUT2D eigenvalue weighted by molar-refractivity contribution is 7.89. The molecule has 0 spiro atoms. The van der Waals surface area contributed by atoms with Crippen LogP contribution in [-0.4, -0.2) is 20.9 Å². The second-order valence-corrected chi connectivity index (χ2v) is 9.32. The smallest absolute Gasteiger partial charge is 0.262 e. The molecular weight excluding hydrogens is 483 g/mol. The molecule has 3 rings (SSSR count). The Morgan fingerprint density at radius 1 is 0.871 bits per heavy atom. The molecule has 1 amide bonds. The molecule has 0 unspecified atom stereocenters. The van der Waals surface area contributed by atoms with E-state index in [1.807, 2.05) is 30.3 Å². The molecule has 6 nitrogen and oxygen atoms in total. The third-order valence-corrected chi connectivity index (χ3v) is 6.43. The molecule has 162 valence electrons. The van der Waals surface area contributed by atoms with E-state index in [1.165, 1.54) is 18.2 Å². The molecule has 3 aromatic rings. The van der Waals surface area contributed by atoms with E-state index in [2.05, 4.69) is 10.0 Å². The van der Waals surface area contributed by atoms with Crippen LogP contribution in [0.4, 0.5) is 5.69 Å². The van der Waals surface area contributed by atoms with Crippen molar-refractivity contribution in [2.24, 2.45) is 0 Å². The van der Waals surface area contributed by atoms with E-state index >= 15 is 0 Å². The van der Waals surface area contributed by atoms with Crippen molar-refractivity contribution in [2.75, 3.05) is 11.9 Å². The van der Waals surface area contributed by atoms with Crippen LogP contribution in [0.2, 0.25) is 15.1 Å². The predicted octanol–water partition coefficient (Wildman–Crippen LogP) is 5.14. The number of hydrogen-bond acceptors (Lipinski definition) is 4. The molecule has 0 radical (unpaired) electrons. The Kier molecular flexibility index (Phi) is 7.80. The largest absolute Gasteiger partial charge is 0.482 e. The quantitative estimate of drug-likeness (QED) is 0.449. The maximum Gasteiger partial charge on any atom is 0.262 e. The summed E-state index contributed by atoms with van der Waals surface area (Å²) in [6.07, 6.45) is 0. The van der Waals surface area contributed by atoms with Gasteiger partial charge >= 0.3 is 0 Å². The molecule has 0 aliphatic carbocycles. The van der Waals surface area contributed by atoms with Gasteiger partial charge in [0.1, 0.15) is 5.75 Å². The molecule has 0 saturated heterocycles. The molecule has 0 fully saturated rings. The Morgan fingerprint density at radius 2 is 1.55 bits per heavy atom. The van der Waals surface area contributed by atoms with E-state index in [0.717, 1.165) is 5.56 Å². The molecule has 0 bridgehead atoms. The summed E-state index contributed by atoms with van der Waals surface area (Å²) in [4.78, 5) is 12.1. The van der Waals surface area contributed by atoms with Crippen molar-refractivity contribution in [3.05, 3.63) is 87.4 Å². The number of carbonyl (C=O) groups excluding carboxylic acids is 1. The lowest BCUT2D eigenvalue weighted by Crippen LogP contribution is -2.23. The Hall–Kier alpha value is -2.29. The number of halogens is 3. The number of para-hydroxylation sites is 1. The van der Waals surface area contributed by atoms with Crippen LogP contribution in [0, 0.1) is 0 Å². The molecule has 0 aliphatic rings. The molecular formula is C21H17Cl3N2O4S. The fourth-order valence-corrected chi connectivity index (χ4v) is 4.39. The molecule has 0 heterocycles. The summed E-state index contributed by atoms with van der Waals surface area (Å²) >= 11 is 18.2. The van der Waals surface area contributed by atoms with E-state index in [-0.39, 0.29) is 44.6 Å². The lowest BCUT2D eigenvalue weighted by atomic mass is 10.2. The minimum absolute atomic E-state index is 0.0203. The van der Waals surface area contributed by atoms with Gasteiger partial charge in [-0.05, 0) is 35.9 Å². The number of benzene rings is 3. The molecule has 0 atom stereocenters. The van der Waals surface area contributed by atoms with Gasteiger partial charge in [-0.25, -0.2) is 13.1 Å². The summed E-state index contributed by atoms with van der Waals surface area (Å²) in [6, 6.07) is 17.9. The molecule has 2 N–H and O–H groups in total. The fourth-order valence-electron chi connectivity index (χ4n) is 2.56. The molecule has 10 heteroatoms. The van der Waals surface area contributed by atoms with Gasteiger partial charge in [-0.15, -0.1) is 0 Å². The number of anilines is 1. The van der Waals surface area contributed by atoms with Crippen LogP contribution in [0.3, 0.4) is 0 Å². The molecule has 3 aromatic carbocycles. The Morgan fingerprint density at radius 3 is 2.19 bits per heavy atom.